The van der Waals surface area contributed by atoms with Gasteiger partial charge in [-0.3, -0.25) is 4.79 Å². The van der Waals surface area contributed by atoms with Crippen LogP contribution in [0.1, 0.15) is 32.6 Å². The van der Waals surface area contributed by atoms with Crippen molar-refractivity contribution in [2.24, 2.45) is 0 Å². The molecule has 0 N–H and O–H groups in total. The number of likely N-dealkylation sites (N-methyl/N-ethyl adjacent to an activating group) is 1. The van der Waals surface area contributed by atoms with E-state index in [-0.39, 0.29) is 5.91 Å². The Morgan fingerprint density at radius 3 is 2.02 bits per heavy atom. The van der Waals surface area contributed by atoms with E-state index in [1.165, 1.54) is 0 Å². The van der Waals surface area contributed by atoms with Crippen molar-refractivity contribution in [2.75, 3.05) is 95.0 Å². The lowest BCUT2D eigenvalue weighted by molar-refractivity contribution is 0.0663. The van der Waals surface area contributed by atoms with Crippen LogP contribution in [-0.4, -0.2) is 116 Å². The number of hydrogen-bond donors (Lipinski definition) is 0. The molecular weight excluding hydrogens is 707 g/mol. The third-order valence-corrected chi connectivity index (χ3v) is 11.0. The summed E-state index contributed by atoms with van der Waals surface area (Å²) in [6, 6.07) is 22.2. The van der Waals surface area contributed by atoms with E-state index in [2.05, 4.69) is 63.9 Å². The van der Waals surface area contributed by atoms with E-state index in [0.29, 0.717) is 57.8 Å². The molecule has 0 spiro atoms. The molecule has 0 aliphatic carbocycles. The van der Waals surface area contributed by atoms with E-state index in [1.807, 2.05) is 53.7 Å². The number of fused-ring (bicyclic) bond motifs is 1. The Bertz CT molecular complexity index is 2080. The van der Waals surface area contributed by atoms with Gasteiger partial charge in [-0.15, -0.1) is 0 Å². The SMILES string of the molecule is COc1ccc(CN(Cc2ccc(OC)cc2)c2ncc(-c3nc(N4CCOCC4)nc4c3CCN4c3cccc(C(=O)N4CCN(C)CC4)c3C)cn2)cc1. The van der Waals surface area contributed by atoms with E-state index in [0.717, 1.165) is 94.7 Å². The van der Waals surface area contributed by atoms with E-state index >= 15 is 0 Å². The molecule has 3 aliphatic heterocycles. The summed E-state index contributed by atoms with van der Waals surface area (Å²) in [4.78, 5) is 45.0. The van der Waals surface area contributed by atoms with Crippen LogP contribution in [0.2, 0.25) is 0 Å². The zero-order valence-electron chi connectivity index (χ0n) is 32.6. The second-order valence-corrected chi connectivity index (χ2v) is 14.5. The van der Waals surface area contributed by atoms with Gasteiger partial charge in [0.05, 0.1) is 33.1 Å². The number of piperazine rings is 1. The fourth-order valence-corrected chi connectivity index (χ4v) is 7.66. The molecule has 0 bridgehead atoms. The zero-order chi connectivity index (χ0) is 38.6. The monoisotopic (exact) mass is 755 g/mol. The number of ether oxygens (including phenoxy) is 3. The average Bonchev–Trinajstić information content (AvgIpc) is 3.68. The summed E-state index contributed by atoms with van der Waals surface area (Å²) in [6.45, 7) is 9.82. The van der Waals surface area contributed by atoms with Crippen molar-refractivity contribution >= 4 is 29.3 Å². The molecule has 0 saturated carbocycles. The molecule has 2 aromatic heterocycles. The number of aromatic nitrogens is 4. The van der Waals surface area contributed by atoms with Crippen LogP contribution in [0.3, 0.4) is 0 Å². The Hall–Kier alpha value is -5.79. The van der Waals surface area contributed by atoms with Crippen molar-refractivity contribution in [3.05, 3.63) is 107 Å². The van der Waals surface area contributed by atoms with Gasteiger partial charge in [0.25, 0.3) is 5.91 Å². The van der Waals surface area contributed by atoms with Crippen LogP contribution >= 0.6 is 0 Å². The summed E-state index contributed by atoms with van der Waals surface area (Å²) in [7, 11) is 5.45. The zero-order valence-corrected chi connectivity index (χ0v) is 32.6. The molecule has 3 aliphatic rings. The highest BCUT2D eigenvalue weighted by Gasteiger charge is 2.32. The summed E-state index contributed by atoms with van der Waals surface area (Å²) in [5, 5.41) is 0. The molecular formula is C43H49N9O4. The fourth-order valence-electron chi connectivity index (χ4n) is 7.66. The van der Waals surface area contributed by atoms with Crippen LogP contribution in [0, 0.1) is 6.92 Å². The molecule has 56 heavy (non-hydrogen) atoms. The number of morpholine rings is 1. The van der Waals surface area contributed by atoms with E-state index in [9.17, 15) is 4.79 Å². The number of benzene rings is 3. The van der Waals surface area contributed by atoms with Crippen molar-refractivity contribution in [1.29, 1.82) is 0 Å². The molecule has 8 rings (SSSR count). The summed E-state index contributed by atoms with van der Waals surface area (Å²) in [6.07, 6.45) is 4.51. The molecule has 2 saturated heterocycles. The van der Waals surface area contributed by atoms with E-state index < -0.39 is 0 Å². The topological polar surface area (TPSA) is 113 Å². The maximum atomic E-state index is 13.8. The Kier molecular flexibility index (Phi) is 11.0. The normalized spacial score (nSPS) is 15.8. The second kappa shape index (κ2) is 16.5. The van der Waals surface area contributed by atoms with Gasteiger partial charge < -0.3 is 38.7 Å². The molecule has 290 valence electrons. The predicted molar refractivity (Wildman–Crippen MR) is 217 cm³/mol. The minimum absolute atomic E-state index is 0.0829. The molecule has 0 atom stereocenters. The maximum Gasteiger partial charge on any atom is 0.254 e. The van der Waals surface area contributed by atoms with Gasteiger partial charge in [-0.05, 0) is 73.5 Å². The number of amides is 1. The van der Waals surface area contributed by atoms with Gasteiger partial charge >= 0.3 is 0 Å². The van der Waals surface area contributed by atoms with Crippen molar-refractivity contribution in [1.82, 2.24) is 29.7 Å². The highest BCUT2D eigenvalue weighted by atomic mass is 16.5. The lowest BCUT2D eigenvalue weighted by Gasteiger charge is -2.33. The first-order chi connectivity index (χ1) is 27.4. The molecule has 1 amide bonds. The molecule has 13 nitrogen and oxygen atoms in total. The predicted octanol–water partition coefficient (Wildman–Crippen LogP) is 5.38. The number of hydrogen-bond acceptors (Lipinski definition) is 12. The van der Waals surface area contributed by atoms with Crippen molar-refractivity contribution < 1.29 is 19.0 Å². The minimum Gasteiger partial charge on any atom is -0.497 e. The number of nitrogens with zero attached hydrogens (tertiary/aromatic N) is 9. The van der Waals surface area contributed by atoms with Crippen LogP contribution in [0.4, 0.5) is 23.4 Å². The van der Waals surface area contributed by atoms with Crippen molar-refractivity contribution in [2.45, 2.75) is 26.4 Å². The third-order valence-electron chi connectivity index (χ3n) is 11.0. The van der Waals surface area contributed by atoms with Crippen molar-refractivity contribution in [3.63, 3.8) is 0 Å². The van der Waals surface area contributed by atoms with Crippen LogP contribution in [0.25, 0.3) is 11.3 Å². The van der Waals surface area contributed by atoms with Gasteiger partial charge in [0.1, 0.15) is 17.3 Å². The highest BCUT2D eigenvalue weighted by Crippen LogP contribution is 2.41. The Balaban J connectivity index is 1.13. The van der Waals surface area contributed by atoms with Crippen LogP contribution in [0.5, 0.6) is 11.5 Å². The van der Waals surface area contributed by atoms with Gasteiger partial charge in [0, 0.05) is 93.7 Å². The molecule has 13 heteroatoms. The van der Waals surface area contributed by atoms with Gasteiger partial charge in [0.15, 0.2) is 0 Å². The Morgan fingerprint density at radius 2 is 1.41 bits per heavy atom. The lowest BCUT2D eigenvalue weighted by Crippen LogP contribution is -2.47. The van der Waals surface area contributed by atoms with Crippen LogP contribution in [0.15, 0.2) is 79.1 Å². The molecule has 0 radical (unpaired) electrons. The molecule has 5 aromatic rings. The van der Waals surface area contributed by atoms with Gasteiger partial charge in [0.2, 0.25) is 11.9 Å². The first kappa shape index (κ1) is 37.1. The second-order valence-electron chi connectivity index (χ2n) is 14.5. The Morgan fingerprint density at radius 1 is 0.786 bits per heavy atom. The highest BCUT2D eigenvalue weighted by molar-refractivity contribution is 5.97. The molecule has 5 heterocycles. The number of anilines is 4. The molecule has 2 fully saturated rings. The summed E-state index contributed by atoms with van der Waals surface area (Å²) in [5.41, 5.74) is 7.60. The van der Waals surface area contributed by atoms with Gasteiger partial charge in [-0.25, -0.2) is 15.0 Å². The summed E-state index contributed by atoms with van der Waals surface area (Å²) >= 11 is 0. The smallest absolute Gasteiger partial charge is 0.254 e. The van der Waals surface area contributed by atoms with E-state index in [1.54, 1.807) is 14.2 Å². The molecule has 3 aromatic carbocycles. The van der Waals surface area contributed by atoms with Gasteiger partial charge in [-0.2, -0.15) is 4.98 Å². The number of methoxy groups -OCH3 is 2. The first-order valence-electron chi connectivity index (χ1n) is 19.3. The number of carbonyl (C=O) groups is 1. The largest absolute Gasteiger partial charge is 0.497 e. The first-order valence-corrected chi connectivity index (χ1v) is 19.3. The van der Waals surface area contributed by atoms with Crippen molar-refractivity contribution in [3.8, 4) is 22.8 Å². The third kappa shape index (κ3) is 7.82. The average molecular weight is 756 g/mol. The quantitative estimate of drug-likeness (QED) is 0.173. The maximum absolute atomic E-state index is 13.8. The lowest BCUT2D eigenvalue weighted by atomic mass is 10.0. The minimum atomic E-state index is 0.0829. The van der Waals surface area contributed by atoms with Crippen LogP contribution in [-0.2, 0) is 24.2 Å². The van der Waals surface area contributed by atoms with E-state index in [4.69, 9.17) is 34.1 Å². The summed E-state index contributed by atoms with van der Waals surface area (Å²) < 4.78 is 16.5. The summed E-state index contributed by atoms with van der Waals surface area (Å²) in [5.74, 6) is 3.82. The van der Waals surface area contributed by atoms with Crippen LogP contribution < -0.4 is 24.2 Å². The number of carbonyl (C=O) groups excluding carboxylic acids is 1. The van der Waals surface area contributed by atoms with Gasteiger partial charge in [-0.1, -0.05) is 30.3 Å². The Labute approximate surface area is 328 Å². The standard InChI is InChI=1S/C43H49N9O4/c1-30-36(41(53)49-20-18-48(2)19-21-49)6-5-7-38(30)52-17-16-37-39(46-43(47-40(37)52)50-22-24-56-25-23-50)33-26-44-42(45-27-33)51(28-31-8-12-34(54-3)13-9-31)29-32-10-14-35(55-4)15-11-32/h5-15,26-27H,16-25,28-29H2,1-4H3. The number of rotatable bonds is 11. The molecule has 0 unspecified atom stereocenters. The fraction of sp³-hybridized carbons (Fsp3) is 0.372.